The number of benzene rings is 1. The summed E-state index contributed by atoms with van der Waals surface area (Å²) in [4.78, 5) is 23.1. The zero-order chi connectivity index (χ0) is 16.4. The first-order valence-electron chi connectivity index (χ1n) is 7.86. The fourth-order valence-electron chi connectivity index (χ4n) is 3.28. The van der Waals surface area contributed by atoms with Crippen LogP contribution < -0.4 is 5.32 Å². The molecule has 0 radical (unpaired) electrons. The molecule has 0 spiro atoms. The van der Waals surface area contributed by atoms with Crippen molar-refractivity contribution in [3.05, 3.63) is 34.3 Å². The molecule has 1 heterocycles. The first kappa shape index (κ1) is 16.5. The molecule has 1 aliphatic carbocycles. The summed E-state index contributed by atoms with van der Waals surface area (Å²) in [5.74, 6) is -1.89. The van der Waals surface area contributed by atoms with Gasteiger partial charge in [0.25, 0.3) is 0 Å². The van der Waals surface area contributed by atoms with Crippen LogP contribution in [0.4, 0.5) is 0 Å². The highest BCUT2D eigenvalue weighted by Crippen LogP contribution is 2.39. The molecule has 2 aliphatic rings. The SMILES string of the molecule is O=C(O)[C@H]1C[C@H]1C(=O)NCC1(c2ccc(Br)cc2)CCOCC1. The number of amides is 1. The number of carbonyl (C=O) groups excluding carboxylic acids is 1. The molecule has 2 atom stereocenters. The van der Waals surface area contributed by atoms with Gasteiger partial charge in [-0.2, -0.15) is 0 Å². The van der Waals surface area contributed by atoms with Crippen molar-refractivity contribution in [2.24, 2.45) is 11.8 Å². The standard InChI is InChI=1S/C17H20BrNO4/c18-12-3-1-11(2-4-12)17(5-7-23-8-6-17)10-19-15(20)13-9-14(13)16(21)22/h1-4,13-14H,5-10H2,(H,19,20)(H,21,22)/t13-,14+/m1/s1. The molecule has 1 saturated carbocycles. The third kappa shape index (κ3) is 3.58. The van der Waals surface area contributed by atoms with Crippen molar-refractivity contribution >= 4 is 27.8 Å². The average molecular weight is 382 g/mol. The van der Waals surface area contributed by atoms with Crippen molar-refractivity contribution in [3.63, 3.8) is 0 Å². The van der Waals surface area contributed by atoms with Crippen molar-refractivity contribution in [1.29, 1.82) is 0 Å². The second kappa shape index (κ2) is 6.61. The molecule has 1 aromatic rings. The lowest BCUT2D eigenvalue weighted by atomic mass is 9.74. The summed E-state index contributed by atoms with van der Waals surface area (Å²) in [5, 5.41) is 11.9. The lowest BCUT2D eigenvalue weighted by Gasteiger charge is -2.38. The van der Waals surface area contributed by atoms with Gasteiger partial charge in [0.05, 0.1) is 11.8 Å². The second-order valence-corrected chi connectivity index (χ2v) is 7.32. The zero-order valence-electron chi connectivity index (χ0n) is 12.8. The van der Waals surface area contributed by atoms with Crippen LogP contribution in [0.25, 0.3) is 0 Å². The maximum absolute atomic E-state index is 12.2. The van der Waals surface area contributed by atoms with Gasteiger partial charge in [-0.3, -0.25) is 9.59 Å². The summed E-state index contributed by atoms with van der Waals surface area (Å²) in [6.45, 7) is 1.87. The molecule has 0 bridgehead atoms. The Balaban J connectivity index is 1.69. The smallest absolute Gasteiger partial charge is 0.307 e. The molecule has 5 nitrogen and oxygen atoms in total. The van der Waals surface area contributed by atoms with E-state index in [2.05, 4.69) is 33.4 Å². The minimum absolute atomic E-state index is 0.137. The zero-order valence-corrected chi connectivity index (χ0v) is 14.3. The van der Waals surface area contributed by atoms with Crippen molar-refractivity contribution in [2.75, 3.05) is 19.8 Å². The first-order chi connectivity index (χ1) is 11.0. The van der Waals surface area contributed by atoms with Crippen LogP contribution in [0.5, 0.6) is 0 Å². The predicted octanol–water partition coefficient (Wildman–Crippen LogP) is 2.33. The van der Waals surface area contributed by atoms with Crippen LogP contribution >= 0.6 is 15.9 Å². The quantitative estimate of drug-likeness (QED) is 0.820. The third-order valence-electron chi connectivity index (χ3n) is 4.95. The number of hydrogen-bond acceptors (Lipinski definition) is 3. The van der Waals surface area contributed by atoms with Crippen LogP contribution in [-0.2, 0) is 19.7 Å². The van der Waals surface area contributed by atoms with E-state index in [-0.39, 0.29) is 17.2 Å². The number of carboxylic acids is 1. The van der Waals surface area contributed by atoms with Gasteiger partial charge in [-0.1, -0.05) is 28.1 Å². The third-order valence-corrected chi connectivity index (χ3v) is 5.48. The maximum Gasteiger partial charge on any atom is 0.307 e. The van der Waals surface area contributed by atoms with Crippen molar-refractivity contribution in [1.82, 2.24) is 5.32 Å². The highest BCUT2D eigenvalue weighted by molar-refractivity contribution is 9.10. The van der Waals surface area contributed by atoms with Gasteiger partial charge in [0.1, 0.15) is 0 Å². The molecular weight excluding hydrogens is 362 g/mol. The molecule has 1 amide bonds. The summed E-state index contributed by atoms with van der Waals surface area (Å²) in [6.07, 6.45) is 2.15. The lowest BCUT2D eigenvalue weighted by Crippen LogP contribution is -2.45. The van der Waals surface area contributed by atoms with E-state index in [1.165, 1.54) is 5.56 Å². The van der Waals surface area contributed by atoms with Crippen molar-refractivity contribution < 1.29 is 19.4 Å². The number of ether oxygens (including phenoxy) is 1. The van der Waals surface area contributed by atoms with E-state index in [0.29, 0.717) is 26.2 Å². The Morgan fingerprint density at radius 2 is 1.87 bits per heavy atom. The van der Waals surface area contributed by atoms with Gasteiger partial charge in [-0.25, -0.2) is 0 Å². The fraction of sp³-hybridized carbons (Fsp3) is 0.529. The Morgan fingerprint density at radius 1 is 1.22 bits per heavy atom. The number of halogens is 1. The van der Waals surface area contributed by atoms with Gasteiger partial charge in [-0.05, 0) is 37.0 Å². The number of aliphatic carboxylic acids is 1. The van der Waals surface area contributed by atoms with Gasteiger partial charge in [0.15, 0.2) is 0 Å². The molecule has 6 heteroatoms. The highest BCUT2D eigenvalue weighted by Gasteiger charge is 2.48. The molecule has 23 heavy (non-hydrogen) atoms. The molecule has 2 N–H and O–H groups in total. The normalized spacial score (nSPS) is 25.6. The van der Waals surface area contributed by atoms with E-state index in [0.717, 1.165) is 17.3 Å². The lowest BCUT2D eigenvalue weighted by molar-refractivity contribution is -0.140. The van der Waals surface area contributed by atoms with Crippen LogP contribution in [-0.4, -0.2) is 36.7 Å². The Labute approximate surface area is 143 Å². The van der Waals surface area contributed by atoms with Crippen LogP contribution in [0, 0.1) is 11.8 Å². The van der Waals surface area contributed by atoms with E-state index in [1.54, 1.807) is 0 Å². The maximum atomic E-state index is 12.2. The fourth-order valence-corrected chi connectivity index (χ4v) is 3.54. The van der Waals surface area contributed by atoms with Crippen LogP contribution in [0.2, 0.25) is 0 Å². The van der Waals surface area contributed by atoms with E-state index in [9.17, 15) is 9.59 Å². The summed E-state index contributed by atoms with van der Waals surface area (Å²) in [6, 6.07) is 8.18. The molecule has 124 valence electrons. The number of rotatable bonds is 5. The molecular formula is C17H20BrNO4. The Morgan fingerprint density at radius 3 is 2.43 bits per heavy atom. The molecule has 0 unspecified atom stereocenters. The summed E-state index contributed by atoms with van der Waals surface area (Å²) in [7, 11) is 0. The number of carboxylic acid groups (broad SMARTS) is 1. The van der Waals surface area contributed by atoms with Crippen LogP contribution in [0.15, 0.2) is 28.7 Å². The van der Waals surface area contributed by atoms with Crippen molar-refractivity contribution in [2.45, 2.75) is 24.7 Å². The molecule has 0 aromatic heterocycles. The predicted molar refractivity (Wildman–Crippen MR) is 88.1 cm³/mol. The van der Waals surface area contributed by atoms with E-state index in [4.69, 9.17) is 9.84 Å². The molecule has 3 rings (SSSR count). The van der Waals surface area contributed by atoms with E-state index < -0.39 is 11.9 Å². The molecule has 2 fully saturated rings. The Bertz CT molecular complexity index is 595. The van der Waals surface area contributed by atoms with E-state index >= 15 is 0 Å². The summed E-state index contributed by atoms with van der Waals surface area (Å²) in [5.41, 5.74) is 1.05. The largest absolute Gasteiger partial charge is 0.481 e. The first-order valence-corrected chi connectivity index (χ1v) is 8.65. The van der Waals surface area contributed by atoms with Crippen LogP contribution in [0.3, 0.4) is 0 Å². The topological polar surface area (TPSA) is 75.6 Å². The second-order valence-electron chi connectivity index (χ2n) is 6.40. The summed E-state index contributed by atoms with van der Waals surface area (Å²) >= 11 is 3.45. The van der Waals surface area contributed by atoms with Crippen molar-refractivity contribution in [3.8, 4) is 0 Å². The minimum Gasteiger partial charge on any atom is -0.481 e. The van der Waals surface area contributed by atoms with Gasteiger partial charge in [0.2, 0.25) is 5.91 Å². The van der Waals surface area contributed by atoms with Gasteiger partial charge in [0, 0.05) is 29.6 Å². The monoisotopic (exact) mass is 381 g/mol. The van der Waals surface area contributed by atoms with Gasteiger partial charge in [-0.15, -0.1) is 0 Å². The molecule has 1 aromatic carbocycles. The highest BCUT2D eigenvalue weighted by atomic mass is 79.9. The van der Waals surface area contributed by atoms with Gasteiger partial charge < -0.3 is 15.2 Å². The Kier molecular flexibility index (Phi) is 4.73. The van der Waals surface area contributed by atoms with E-state index in [1.807, 2.05) is 12.1 Å². The number of carbonyl (C=O) groups is 2. The minimum atomic E-state index is -0.876. The molecule has 1 aliphatic heterocycles. The molecule has 1 saturated heterocycles. The van der Waals surface area contributed by atoms with Gasteiger partial charge >= 0.3 is 5.97 Å². The average Bonchev–Trinajstić information content (AvgIpc) is 3.35. The number of nitrogens with one attached hydrogen (secondary N) is 1. The summed E-state index contributed by atoms with van der Waals surface area (Å²) < 4.78 is 6.51. The number of hydrogen-bond donors (Lipinski definition) is 2. The van der Waals surface area contributed by atoms with Crippen LogP contribution in [0.1, 0.15) is 24.8 Å². The Hall–Kier alpha value is -1.40.